The average molecular weight is 345 g/mol. The predicted octanol–water partition coefficient (Wildman–Crippen LogP) is 2.44. The number of carbonyl (C=O) groups excluding carboxylic acids is 2. The highest BCUT2D eigenvalue weighted by molar-refractivity contribution is 7.16. The number of thiophene rings is 1. The van der Waals surface area contributed by atoms with Gasteiger partial charge in [0.2, 0.25) is 5.91 Å². The lowest BCUT2D eigenvalue weighted by Gasteiger charge is -2.07. The molecule has 0 radical (unpaired) electrons. The van der Waals surface area contributed by atoms with Gasteiger partial charge in [-0.05, 0) is 29.6 Å². The van der Waals surface area contributed by atoms with Gasteiger partial charge >= 0.3 is 0 Å². The van der Waals surface area contributed by atoms with Gasteiger partial charge in [0.05, 0.1) is 23.8 Å². The fraction of sp³-hybridized carbons (Fsp3) is 0.125. The summed E-state index contributed by atoms with van der Waals surface area (Å²) in [7, 11) is 0. The van der Waals surface area contributed by atoms with E-state index in [1.54, 1.807) is 11.4 Å². The molecule has 0 unspecified atom stereocenters. The van der Waals surface area contributed by atoms with Crippen LogP contribution in [0.15, 0.2) is 40.8 Å². The maximum atomic E-state index is 14.1. The van der Waals surface area contributed by atoms with Crippen molar-refractivity contribution in [1.29, 1.82) is 0 Å². The lowest BCUT2D eigenvalue weighted by atomic mass is 10.1. The van der Waals surface area contributed by atoms with E-state index in [-0.39, 0.29) is 29.3 Å². The maximum Gasteiger partial charge on any atom is 0.262 e. The van der Waals surface area contributed by atoms with Crippen molar-refractivity contribution >= 4 is 38.9 Å². The Balaban J connectivity index is 1.87. The van der Waals surface area contributed by atoms with E-state index < -0.39 is 11.6 Å². The van der Waals surface area contributed by atoms with Crippen molar-refractivity contribution in [3.63, 3.8) is 0 Å². The number of rotatable bonds is 4. The smallest absolute Gasteiger partial charge is 0.262 e. The van der Waals surface area contributed by atoms with E-state index >= 15 is 0 Å². The molecule has 0 aliphatic heterocycles. The number of amides is 1. The van der Waals surface area contributed by atoms with E-state index in [4.69, 9.17) is 0 Å². The van der Waals surface area contributed by atoms with Crippen LogP contribution in [0.1, 0.15) is 17.3 Å². The maximum absolute atomic E-state index is 14.1. The second kappa shape index (κ2) is 6.32. The molecule has 0 bridgehead atoms. The Labute approximate surface area is 139 Å². The van der Waals surface area contributed by atoms with Gasteiger partial charge in [0.25, 0.3) is 5.56 Å². The van der Waals surface area contributed by atoms with Gasteiger partial charge in [-0.1, -0.05) is 0 Å². The van der Waals surface area contributed by atoms with Gasteiger partial charge in [-0.2, -0.15) is 0 Å². The fourth-order valence-electron chi connectivity index (χ4n) is 2.27. The van der Waals surface area contributed by atoms with Crippen molar-refractivity contribution < 1.29 is 14.0 Å². The van der Waals surface area contributed by atoms with Crippen molar-refractivity contribution in [2.24, 2.45) is 0 Å². The quantitative estimate of drug-likeness (QED) is 0.737. The summed E-state index contributed by atoms with van der Waals surface area (Å²) in [5.74, 6) is -1.65. The number of halogens is 1. The first-order valence-electron chi connectivity index (χ1n) is 6.98. The van der Waals surface area contributed by atoms with Gasteiger partial charge in [-0.15, -0.1) is 11.3 Å². The summed E-state index contributed by atoms with van der Waals surface area (Å²) in [5, 5.41) is 4.60. The standard InChI is InChI=1S/C16H12FN3O3S/c1-9(21)19-10-2-3-11(13(17)6-10)14(22)7-20-8-18-15-12(16(20)23)4-5-24-15/h2-6,8H,7H2,1H3,(H,19,21). The molecule has 6 nitrogen and oxygen atoms in total. The molecule has 0 aliphatic carbocycles. The number of nitrogens with zero attached hydrogens (tertiary/aromatic N) is 2. The minimum Gasteiger partial charge on any atom is -0.326 e. The minimum absolute atomic E-state index is 0.151. The Morgan fingerprint density at radius 2 is 2.12 bits per heavy atom. The number of fused-ring (bicyclic) bond motifs is 1. The molecule has 0 saturated heterocycles. The van der Waals surface area contributed by atoms with Gasteiger partial charge in [-0.3, -0.25) is 19.0 Å². The molecule has 1 amide bonds. The highest BCUT2D eigenvalue weighted by Crippen LogP contribution is 2.16. The average Bonchev–Trinajstić information content (AvgIpc) is 2.99. The summed E-state index contributed by atoms with van der Waals surface area (Å²) in [6.07, 6.45) is 1.28. The number of benzene rings is 1. The summed E-state index contributed by atoms with van der Waals surface area (Å²) >= 11 is 1.33. The number of hydrogen-bond acceptors (Lipinski definition) is 5. The number of hydrogen-bond donors (Lipinski definition) is 1. The second-order valence-corrected chi connectivity index (χ2v) is 6.01. The van der Waals surface area contributed by atoms with Crippen LogP contribution in [-0.4, -0.2) is 21.2 Å². The van der Waals surface area contributed by atoms with E-state index in [1.807, 2.05) is 0 Å². The van der Waals surface area contributed by atoms with E-state index in [2.05, 4.69) is 10.3 Å². The Morgan fingerprint density at radius 1 is 1.33 bits per heavy atom. The first kappa shape index (κ1) is 16.0. The largest absolute Gasteiger partial charge is 0.326 e. The molecule has 0 aliphatic rings. The van der Waals surface area contributed by atoms with Crippen LogP contribution in [0.3, 0.4) is 0 Å². The second-order valence-electron chi connectivity index (χ2n) is 5.12. The van der Waals surface area contributed by atoms with Crippen LogP contribution in [-0.2, 0) is 11.3 Å². The van der Waals surface area contributed by atoms with E-state index in [0.717, 1.165) is 10.6 Å². The van der Waals surface area contributed by atoms with E-state index in [0.29, 0.717) is 10.2 Å². The highest BCUT2D eigenvalue weighted by Gasteiger charge is 2.15. The minimum atomic E-state index is -0.760. The zero-order valence-electron chi connectivity index (χ0n) is 12.6. The third-order valence-electron chi connectivity index (χ3n) is 3.35. The van der Waals surface area contributed by atoms with Gasteiger partial charge in [0.1, 0.15) is 10.6 Å². The monoisotopic (exact) mass is 345 g/mol. The molecule has 0 fully saturated rings. The third kappa shape index (κ3) is 3.09. The molecule has 0 saturated carbocycles. The lowest BCUT2D eigenvalue weighted by Crippen LogP contribution is -2.24. The van der Waals surface area contributed by atoms with Gasteiger partial charge in [0, 0.05) is 12.6 Å². The Morgan fingerprint density at radius 3 is 2.83 bits per heavy atom. The van der Waals surface area contributed by atoms with Crippen LogP contribution in [0.5, 0.6) is 0 Å². The molecule has 3 rings (SSSR count). The fourth-order valence-corrected chi connectivity index (χ4v) is 2.99. The zero-order chi connectivity index (χ0) is 17.3. The molecule has 8 heteroatoms. The van der Waals surface area contributed by atoms with Gasteiger partial charge < -0.3 is 5.32 Å². The third-order valence-corrected chi connectivity index (χ3v) is 4.17. The molecule has 2 heterocycles. The number of ketones is 1. The predicted molar refractivity (Wildman–Crippen MR) is 88.9 cm³/mol. The van der Waals surface area contributed by atoms with Crippen molar-refractivity contribution in [2.75, 3.05) is 5.32 Å². The molecule has 24 heavy (non-hydrogen) atoms. The van der Waals surface area contributed by atoms with E-state index in [9.17, 15) is 18.8 Å². The van der Waals surface area contributed by atoms with Crippen LogP contribution >= 0.6 is 11.3 Å². The zero-order valence-corrected chi connectivity index (χ0v) is 13.4. The summed E-state index contributed by atoms with van der Waals surface area (Å²) in [5.41, 5.74) is -0.235. The number of carbonyl (C=O) groups is 2. The summed E-state index contributed by atoms with van der Waals surface area (Å²) in [4.78, 5) is 40.2. The van der Waals surface area contributed by atoms with E-state index in [1.165, 1.54) is 36.7 Å². The van der Waals surface area contributed by atoms with Crippen LogP contribution in [0.2, 0.25) is 0 Å². The van der Waals surface area contributed by atoms with Gasteiger partial charge in [0.15, 0.2) is 5.78 Å². The number of aromatic nitrogens is 2. The molecule has 0 spiro atoms. The van der Waals surface area contributed by atoms with Crippen molar-refractivity contribution in [3.8, 4) is 0 Å². The summed E-state index contributed by atoms with van der Waals surface area (Å²) in [6.45, 7) is 0.991. The summed E-state index contributed by atoms with van der Waals surface area (Å²) < 4.78 is 15.2. The van der Waals surface area contributed by atoms with Crippen LogP contribution < -0.4 is 10.9 Å². The molecule has 2 aromatic heterocycles. The Bertz CT molecular complexity index is 1010. The first-order chi connectivity index (χ1) is 11.5. The summed E-state index contributed by atoms with van der Waals surface area (Å²) in [6, 6.07) is 5.42. The number of Topliss-reactive ketones (excluding diaryl/α,β-unsaturated/α-hetero) is 1. The number of nitrogens with one attached hydrogen (secondary N) is 1. The normalized spacial score (nSPS) is 10.8. The van der Waals surface area contributed by atoms with Crippen molar-refractivity contribution in [2.45, 2.75) is 13.5 Å². The number of anilines is 1. The van der Waals surface area contributed by atoms with Crippen LogP contribution in [0, 0.1) is 5.82 Å². The molecule has 1 N–H and O–H groups in total. The van der Waals surface area contributed by atoms with Crippen molar-refractivity contribution in [1.82, 2.24) is 9.55 Å². The molecule has 122 valence electrons. The lowest BCUT2D eigenvalue weighted by molar-refractivity contribution is -0.114. The molecular formula is C16H12FN3O3S. The van der Waals surface area contributed by atoms with Crippen LogP contribution in [0.4, 0.5) is 10.1 Å². The Hall–Kier alpha value is -2.87. The van der Waals surface area contributed by atoms with Gasteiger partial charge in [-0.25, -0.2) is 9.37 Å². The molecular weight excluding hydrogens is 333 g/mol. The molecule has 1 aromatic carbocycles. The SMILES string of the molecule is CC(=O)Nc1ccc(C(=O)Cn2cnc3sccc3c2=O)c(F)c1. The highest BCUT2D eigenvalue weighted by atomic mass is 32.1. The first-order valence-corrected chi connectivity index (χ1v) is 7.86. The Kier molecular flexibility index (Phi) is 4.22. The molecule has 0 atom stereocenters. The van der Waals surface area contributed by atoms with Crippen LogP contribution in [0.25, 0.3) is 10.2 Å². The molecule has 3 aromatic rings. The van der Waals surface area contributed by atoms with Crippen molar-refractivity contribution in [3.05, 3.63) is 57.7 Å². The topological polar surface area (TPSA) is 81.1 Å².